The van der Waals surface area contributed by atoms with E-state index in [9.17, 15) is 5.11 Å². The minimum atomic E-state index is -0.750. The maximum Gasteiger partial charge on any atom is 0.0876 e. The number of ether oxygens (including phenoxy) is 2. The number of rotatable bonds is 7. The molecule has 1 aliphatic heterocycles. The highest BCUT2D eigenvalue weighted by Gasteiger charge is 2.26. The second-order valence-electron chi connectivity index (χ2n) is 4.38. The first kappa shape index (κ1) is 13.5. The van der Waals surface area contributed by atoms with Gasteiger partial charge in [0.2, 0.25) is 0 Å². The number of methoxy groups -OCH3 is 1. The van der Waals surface area contributed by atoms with Crippen molar-refractivity contribution in [2.45, 2.75) is 31.8 Å². The highest BCUT2D eigenvalue weighted by atomic mass is 16.5. The molecule has 0 saturated heterocycles. The molecule has 0 aliphatic carbocycles. The van der Waals surface area contributed by atoms with Crippen molar-refractivity contribution in [1.29, 1.82) is 0 Å². The van der Waals surface area contributed by atoms with Gasteiger partial charge in [0.25, 0.3) is 0 Å². The normalized spacial score (nSPS) is 19.8. The zero-order chi connectivity index (χ0) is 11.9. The molecule has 0 aromatic heterocycles. The first-order valence-corrected chi connectivity index (χ1v) is 5.90. The van der Waals surface area contributed by atoms with Gasteiger partial charge in [0.05, 0.1) is 25.1 Å². The Kier molecular flexibility index (Phi) is 5.80. The second kappa shape index (κ2) is 6.89. The Morgan fingerprint density at radius 1 is 1.56 bits per heavy atom. The Hall–Kier alpha value is -0.580. The van der Waals surface area contributed by atoms with Crippen molar-refractivity contribution < 1.29 is 14.6 Å². The van der Waals surface area contributed by atoms with Gasteiger partial charge in [-0.2, -0.15) is 0 Å². The number of hydrogen-bond donors (Lipinski definition) is 2. The lowest BCUT2D eigenvalue weighted by atomic mass is 9.89. The molecule has 0 spiro atoms. The minimum absolute atomic E-state index is 0.700. The molecular formula is C12H23NO3. The first-order chi connectivity index (χ1) is 7.67. The Bertz CT molecular complexity index is 226. The Morgan fingerprint density at radius 2 is 2.38 bits per heavy atom. The quantitative estimate of drug-likeness (QED) is 0.641. The molecule has 0 aromatic rings. The fourth-order valence-electron chi connectivity index (χ4n) is 1.75. The van der Waals surface area contributed by atoms with Crippen LogP contribution >= 0.6 is 0 Å². The Labute approximate surface area is 97.6 Å². The molecule has 1 heterocycles. The summed E-state index contributed by atoms with van der Waals surface area (Å²) in [5, 5.41) is 13.5. The average Bonchev–Trinajstić information content (AvgIpc) is 2.30. The summed E-state index contributed by atoms with van der Waals surface area (Å²) in [5.41, 5.74) is 0.257. The van der Waals surface area contributed by atoms with Gasteiger partial charge in [0.1, 0.15) is 0 Å². The fourth-order valence-corrected chi connectivity index (χ4v) is 1.75. The van der Waals surface area contributed by atoms with Crippen molar-refractivity contribution in [1.82, 2.24) is 5.32 Å². The molecule has 0 radical (unpaired) electrons. The third-order valence-corrected chi connectivity index (χ3v) is 2.90. The van der Waals surface area contributed by atoms with Gasteiger partial charge in [-0.25, -0.2) is 0 Å². The van der Waals surface area contributed by atoms with Crippen LogP contribution in [-0.2, 0) is 9.47 Å². The van der Waals surface area contributed by atoms with E-state index >= 15 is 0 Å². The van der Waals surface area contributed by atoms with Crippen molar-refractivity contribution in [3.8, 4) is 0 Å². The van der Waals surface area contributed by atoms with Gasteiger partial charge < -0.3 is 19.9 Å². The van der Waals surface area contributed by atoms with Gasteiger partial charge in [0, 0.05) is 13.7 Å². The van der Waals surface area contributed by atoms with Gasteiger partial charge in [0.15, 0.2) is 0 Å². The highest BCUT2D eigenvalue weighted by Crippen LogP contribution is 2.26. The maximum absolute atomic E-state index is 10.3. The molecule has 4 nitrogen and oxygen atoms in total. The predicted octanol–water partition coefficient (Wildman–Crippen LogP) is 1.06. The summed E-state index contributed by atoms with van der Waals surface area (Å²) in [6, 6.07) is 0. The summed E-state index contributed by atoms with van der Waals surface area (Å²) >= 11 is 0. The van der Waals surface area contributed by atoms with Crippen molar-refractivity contribution in [2.24, 2.45) is 0 Å². The van der Waals surface area contributed by atoms with Crippen LogP contribution in [0, 0.1) is 0 Å². The zero-order valence-corrected chi connectivity index (χ0v) is 10.3. The molecule has 1 atom stereocenters. The molecule has 0 amide bonds. The van der Waals surface area contributed by atoms with E-state index in [1.807, 2.05) is 6.92 Å². The maximum atomic E-state index is 10.3. The van der Waals surface area contributed by atoms with E-state index in [1.54, 1.807) is 13.4 Å². The Morgan fingerprint density at radius 3 is 3.00 bits per heavy atom. The second-order valence-corrected chi connectivity index (χ2v) is 4.38. The zero-order valence-electron chi connectivity index (χ0n) is 10.3. The van der Waals surface area contributed by atoms with Crippen LogP contribution in [-0.4, -0.2) is 44.1 Å². The lowest BCUT2D eigenvalue weighted by molar-refractivity contribution is 0.0714. The van der Waals surface area contributed by atoms with Gasteiger partial charge in [-0.1, -0.05) is 0 Å². The molecule has 16 heavy (non-hydrogen) atoms. The predicted molar refractivity (Wildman–Crippen MR) is 63.3 cm³/mol. The van der Waals surface area contributed by atoms with Crippen LogP contribution in [0.4, 0.5) is 0 Å². The van der Waals surface area contributed by atoms with Gasteiger partial charge in [-0.3, -0.25) is 0 Å². The van der Waals surface area contributed by atoms with Crippen molar-refractivity contribution >= 4 is 0 Å². The third-order valence-electron chi connectivity index (χ3n) is 2.90. The SMILES string of the molecule is COCCNCCC(C)(O)C1=COCCC1. The van der Waals surface area contributed by atoms with E-state index in [0.29, 0.717) is 13.0 Å². The van der Waals surface area contributed by atoms with Crippen LogP contribution in [0.15, 0.2) is 11.8 Å². The van der Waals surface area contributed by atoms with Crippen molar-refractivity contribution in [3.05, 3.63) is 11.8 Å². The van der Waals surface area contributed by atoms with E-state index in [-0.39, 0.29) is 0 Å². The van der Waals surface area contributed by atoms with Crippen LogP contribution < -0.4 is 5.32 Å². The minimum Gasteiger partial charge on any atom is -0.501 e. The standard InChI is InChI=1S/C12H23NO3/c1-12(14,5-6-13-7-9-15-2)11-4-3-8-16-10-11/h10,13-14H,3-9H2,1-2H3. The number of aliphatic hydroxyl groups is 1. The van der Waals surface area contributed by atoms with E-state index < -0.39 is 5.60 Å². The summed E-state index contributed by atoms with van der Waals surface area (Å²) in [7, 11) is 1.68. The molecule has 1 rings (SSSR count). The monoisotopic (exact) mass is 229 g/mol. The van der Waals surface area contributed by atoms with Crippen molar-refractivity contribution in [3.63, 3.8) is 0 Å². The molecule has 0 aromatic carbocycles. The molecule has 0 fully saturated rings. The summed E-state index contributed by atoms with van der Waals surface area (Å²) in [4.78, 5) is 0. The first-order valence-electron chi connectivity index (χ1n) is 5.90. The fraction of sp³-hybridized carbons (Fsp3) is 0.833. The van der Waals surface area contributed by atoms with Crippen LogP contribution in [0.2, 0.25) is 0 Å². The topological polar surface area (TPSA) is 50.7 Å². The van der Waals surface area contributed by atoms with E-state index in [0.717, 1.165) is 38.1 Å². The summed E-state index contributed by atoms with van der Waals surface area (Å²) in [6.45, 7) is 4.93. The summed E-state index contributed by atoms with van der Waals surface area (Å²) in [6.07, 6.45) is 4.36. The molecule has 0 bridgehead atoms. The molecule has 94 valence electrons. The lowest BCUT2D eigenvalue weighted by Gasteiger charge is -2.28. The molecule has 4 heteroatoms. The lowest BCUT2D eigenvalue weighted by Crippen LogP contribution is -2.34. The van der Waals surface area contributed by atoms with Crippen LogP contribution in [0.5, 0.6) is 0 Å². The smallest absolute Gasteiger partial charge is 0.0876 e. The molecule has 1 unspecified atom stereocenters. The molecule has 0 saturated carbocycles. The average molecular weight is 229 g/mol. The largest absolute Gasteiger partial charge is 0.501 e. The summed E-state index contributed by atoms with van der Waals surface area (Å²) < 4.78 is 10.2. The Balaban J connectivity index is 2.25. The van der Waals surface area contributed by atoms with Crippen LogP contribution in [0.3, 0.4) is 0 Å². The highest BCUT2D eigenvalue weighted by molar-refractivity contribution is 5.14. The number of hydrogen-bond acceptors (Lipinski definition) is 4. The van der Waals surface area contributed by atoms with Gasteiger partial charge in [-0.15, -0.1) is 0 Å². The third kappa shape index (κ3) is 4.51. The van der Waals surface area contributed by atoms with Crippen molar-refractivity contribution in [2.75, 3.05) is 33.4 Å². The van der Waals surface area contributed by atoms with Gasteiger partial charge >= 0.3 is 0 Å². The van der Waals surface area contributed by atoms with E-state index in [1.165, 1.54) is 0 Å². The summed E-state index contributed by atoms with van der Waals surface area (Å²) in [5.74, 6) is 0. The van der Waals surface area contributed by atoms with Gasteiger partial charge in [-0.05, 0) is 38.3 Å². The number of nitrogens with one attached hydrogen (secondary N) is 1. The van der Waals surface area contributed by atoms with E-state index in [4.69, 9.17) is 9.47 Å². The molecular weight excluding hydrogens is 206 g/mol. The van der Waals surface area contributed by atoms with E-state index in [2.05, 4.69) is 5.32 Å². The van der Waals surface area contributed by atoms with Crippen LogP contribution in [0.1, 0.15) is 26.2 Å². The molecule has 2 N–H and O–H groups in total. The molecule has 1 aliphatic rings. The van der Waals surface area contributed by atoms with Crippen LogP contribution in [0.25, 0.3) is 0 Å².